The average Bonchev–Trinajstić information content (AvgIpc) is 3.17. The van der Waals surface area contributed by atoms with E-state index in [0.717, 1.165) is 5.56 Å². The zero-order chi connectivity index (χ0) is 22.5. The fraction of sp³-hybridized carbons (Fsp3) is 0.292. The van der Waals surface area contributed by atoms with Crippen LogP contribution in [0.5, 0.6) is 0 Å². The van der Waals surface area contributed by atoms with E-state index in [0.29, 0.717) is 48.5 Å². The molecule has 0 bridgehead atoms. The molecule has 1 aromatic heterocycles. The minimum Gasteiger partial charge on any atom is -0.449 e. The van der Waals surface area contributed by atoms with E-state index in [4.69, 9.17) is 9.15 Å². The fourth-order valence-corrected chi connectivity index (χ4v) is 3.64. The molecule has 0 aliphatic carbocycles. The predicted octanol–water partition coefficient (Wildman–Crippen LogP) is 2.97. The monoisotopic (exact) mass is 435 g/mol. The maximum atomic E-state index is 13.0. The molecule has 0 unspecified atom stereocenters. The first-order valence-electron chi connectivity index (χ1n) is 10.6. The quantitative estimate of drug-likeness (QED) is 0.620. The van der Waals surface area contributed by atoms with Crippen molar-refractivity contribution in [2.24, 2.45) is 0 Å². The number of carbonyl (C=O) groups is 3. The van der Waals surface area contributed by atoms with Crippen LogP contribution in [-0.4, -0.2) is 55.5 Å². The number of furan rings is 1. The van der Waals surface area contributed by atoms with Crippen molar-refractivity contribution in [3.63, 3.8) is 0 Å². The maximum absolute atomic E-state index is 13.0. The van der Waals surface area contributed by atoms with Crippen LogP contribution in [0.1, 0.15) is 32.9 Å². The molecule has 166 valence electrons. The molecule has 8 nitrogen and oxygen atoms in total. The van der Waals surface area contributed by atoms with Crippen molar-refractivity contribution in [1.82, 2.24) is 10.2 Å². The van der Waals surface area contributed by atoms with Crippen LogP contribution >= 0.6 is 0 Å². The largest absolute Gasteiger partial charge is 0.449 e. The van der Waals surface area contributed by atoms with E-state index in [1.165, 1.54) is 0 Å². The number of carbonyl (C=O) groups excluding carboxylic acids is 3. The van der Waals surface area contributed by atoms with Crippen molar-refractivity contribution < 1.29 is 23.5 Å². The van der Waals surface area contributed by atoms with Crippen molar-refractivity contribution in [1.29, 1.82) is 0 Å². The summed E-state index contributed by atoms with van der Waals surface area (Å²) < 4.78 is 11.1. The Hall–Kier alpha value is -3.65. The molecule has 1 aliphatic rings. The van der Waals surface area contributed by atoms with Gasteiger partial charge in [0.15, 0.2) is 0 Å². The lowest BCUT2D eigenvalue weighted by molar-refractivity contribution is -0.116. The maximum Gasteiger partial charge on any atom is 0.291 e. The highest BCUT2D eigenvalue weighted by atomic mass is 16.5. The normalized spacial score (nSPS) is 13.7. The van der Waals surface area contributed by atoms with E-state index in [1.807, 2.05) is 31.2 Å². The zero-order valence-electron chi connectivity index (χ0n) is 17.8. The summed E-state index contributed by atoms with van der Waals surface area (Å²) in [5, 5.41) is 6.23. The van der Waals surface area contributed by atoms with Crippen molar-refractivity contribution >= 4 is 34.4 Å². The summed E-state index contributed by atoms with van der Waals surface area (Å²) in [6, 6.07) is 14.4. The summed E-state index contributed by atoms with van der Waals surface area (Å²) in [7, 11) is 0. The SMILES string of the molecule is Cc1ccccc1C(=O)NCCC(=O)Nc1c(C(=O)N2CCOCC2)oc2ccccc12. The number of hydrogen-bond acceptors (Lipinski definition) is 5. The van der Waals surface area contributed by atoms with Gasteiger partial charge in [-0.1, -0.05) is 30.3 Å². The molecule has 8 heteroatoms. The second kappa shape index (κ2) is 9.65. The number of nitrogens with one attached hydrogen (secondary N) is 2. The Bertz CT molecular complexity index is 1150. The first kappa shape index (κ1) is 21.6. The second-order valence-corrected chi connectivity index (χ2v) is 7.58. The van der Waals surface area contributed by atoms with Crippen molar-refractivity contribution in [3.8, 4) is 0 Å². The van der Waals surface area contributed by atoms with E-state index in [9.17, 15) is 14.4 Å². The molecular weight excluding hydrogens is 410 g/mol. The number of fused-ring (bicyclic) bond motifs is 1. The van der Waals surface area contributed by atoms with Gasteiger partial charge in [0.2, 0.25) is 11.7 Å². The van der Waals surface area contributed by atoms with E-state index in [-0.39, 0.29) is 36.4 Å². The summed E-state index contributed by atoms with van der Waals surface area (Å²) in [6.07, 6.45) is 0.0579. The molecule has 0 spiro atoms. The molecule has 4 rings (SSSR count). The van der Waals surface area contributed by atoms with Gasteiger partial charge in [0.1, 0.15) is 11.3 Å². The third-order valence-corrected chi connectivity index (χ3v) is 5.38. The van der Waals surface area contributed by atoms with E-state index >= 15 is 0 Å². The van der Waals surface area contributed by atoms with Crippen molar-refractivity contribution in [3.05, 3.63) is 65.4 Å². The summed E-state index contributed by atoms with van der Waals surface area (Å²) in [4.78, 5) is 39.7. The Labute approximate surface area is 185 Å². The zero-order valence-corrected chi connectivity index (χ0v) is 17.8. The number of ether oxygens (including phenoxy) is 1. The Balaban J connectivity index is 1.44. The third kappa shape index (κ3) is 4.65. The van der Waals surface area contributed by atoms with E-state index < -0.39 is 0 Å². The minimum absolute atomic E-state index is 0.0579. The highest BCUT2D eigenvalue weighted by molar-refractivity contribution is 6.11. The van der Waals surface area contributed by atoms with E-state index in [1.54, 1.807) is 29.2 Å². The van der Waals surface area contributed by atoms with Crippen LogP contribution in [0, 0.1) is 6.92 Å². The highest BCUT2D eigenvalue weighted by Gasteiger charge is 2.27. The minimum atomic E-state index is -0.322. The van der Waals surface area contributed by atoms with Crippen LogP contribution in [0.2, 0.25) is 0 Å². The van der Waals surface area contributed by atoms with Gasteiger partial charge in [-0.15, -0.1) is 0 Å². The smallest absolute Gasteiger partial charge is 0.291 e. The number of hydrogen-bond donors (Lipinski definition) is 2. The number of aryl methyl sites for hydroxylation is 1. The van der Waals surface area contributed by atoms with Gasteiger partial charge in [-0.3, -0.25) is 14.4 Å². The standard InChI is InChI=1S/C24H25N3O5/c1-16-6-2-3-7-17(16)23(29)25-11-10-20(28)26-21-18-8-4-5-9-19(18)32-22(21)24(30)27-12-14-31-15-13-27/h2-9H,10-15H2,1H3,(H,25,29)(H,26,28). The Morgan fingerprint density at radius 1 is 1.00 bits per heavy atom. The van der Waals surface area contributed by atoms with Gasteiger partial charge in [0.05, 0.1) is 13.2 Å². The molecule has 0 saturated carbocycles. The summed E-state index contributed by atoms with van der Waals surface area (Å²) >= 11 is 0. The van der Waals surface area contributed by atoms with Gasteiger partial charge in [-0.2, -0.15) is 0 Å². The summed E-state index contributed by atoms with van der Waals surface area (Å²) in [5.41, 5.74) is 2.32. The van der Waals surface area contributed by atoms with Gasteiger partial charge in [-0.25, -0.2) is 0 Å². The number of rotatable bonds is 6. The van der Waals surface area contributed by atoms with E-state index in [2.05, 4.69) is 10.6 Å². The number of para-hydroxylation sites is 1. The molecule has 0 atom stereocenters. The Morgan fingerprint density at radius 2 is 1.72 bits per heavy atom. The van der Waals surface area contributed by atoms with Crippen LogP contribution in [-0.2, 0) is 9.53 Å². The lowest BCUT2D eigenvalue weighted by atomic mass is 10.1. The number of anilines is 1. The Morgan fingerprint density at radius 3 is 2.50 bits per heavy atom. The highest BCUT2D eigenvalue weighted by Crippen LogP contribution is 2.32. The van der Waals surface area contributed by atoms with Gasteiger partial charge >= 0.3 is 0 Å². The predicted molar refractivity (Wildman–Crippen MR) is 120 cm³/mol. The van der Waals surface area contributed by atoms with Crippen LogP contribution in [0.15, 0.2) is 52.9 Å². The molecule has 2 heterocycles. The summed E-state index contributed by atoms with van der Waals surface area (Å²) in [5.74, 6) is -0.733. The van der Waals surface area contributed by atoms with Gasteiger partial charge in [0, 0.05) is 37.0 Å². The Kier molecular flexibility index (Phi) is 6.51. The molecule has 1 saturated heterocycles. The number of amides is 3. The van der Waals surface area contributed by atoms with Crippen molar-refractivity contribution in [2.45, 2.75) is 13.3 Å². The second-order valence-electron chi connectivity index (χ2n) is 7.58. The first-order chi connectivity index (χ1) is 15.5. The number of morpholine rings is 1. The van der Waals surface area contributed by atoms with Crippen LogP contribution in [0.4, 0.5) is 5.69 Å². The molecule has 3 amide bonds. The van der Waals surface area contributed by atoms with Crippen LogP contribution in [0.3, 0.4) is 0 Å². The molecule has 32 heavy (non-hydrogen) atoms. The third-order valence-electron chi connectivity index (χ3n) is 5.38. The van der Waals surface area contributed by atoms with Gasteiger partial charge < -0.3 is 24.7 Å². The number of benzene rings is 2. The van der Waals surface area contributed by atoms with Crippen LogP contribution in [0.25, 0.3) is 11.0 Å². The average molecular weight is 435 g/mol. The van der Waals surface area contributed by atoms with Crippen LogP contribution < -0.4 is 10.6 Å². The molecule has 2 aromatic carbocycles. The molecule has 1 fully saturated rings. The van der Waals surface area contributed by atoms with Gasteiger partial charge in [0.25, 0.3) is 11.8 Å². The molecule has 2 N–H and O–H groups in total. The van der Waals surface area contributed by atoms with Crippen molar-refractivity contribution in [2.75, 3.05) is 38.2 Å². The molecule has 1 aliphatic heterocycles. The van der Waals surface area contributed by atoms with Gasteiger partial charge in [-0.05, 0) is 30.7 Å². The topological polar surface area (TPSA) is 101 Å². The fourth-order valence-electron chi connectivity index (χ4n) is 3.64. The molecular formula is C24H25N3O5. The first-order valence-corrected chi connectivity index (χ1v) is 10.6. The molecule has 3 aromatic rings. The summed E-state index contributed by atoms with van der Waals surface area (Å²) in [6.45, 7) is 3.89. The number of nitrogens with zero attached hydrogens (tertiary/aromatic N) is 1. The lowest BCUT2D eigenvalue weighted by Gasteiger charge is -2.26. The molecule has 0 radical (unpaired) electrons. The lowest BCUT2D eigenvalue weighted by Crippen LogP contribution is -2.40.